The lowest BCUT2D eigenvalue weighted by atomic mass is 9.95. The van der Waals surface area contributed by atoms with E-state index in [1.807, 2.05) is 75.7 Å². The van der Waals surface area contributed by atoms with E-state index < -0.39 is 34.1 Å². The zero-order valence-electron chi connectivity index (χ0n) is 30.6. The summed E-state index contributed by atoms with van der Waals surface area (Å²) >= 11 is 9.12. The van der Waals surface area contributed by atoms with Crippen molar-refractivity contribution in [2.45, 2.75) is 77.1 Å². The number of carbonyl (C=O) groups is 2. The number of carbonyl (C=O) groups excluding carboxylic acids is 2. The third-order valence-corrected chi connectivity index (χ3v) is 13.2. The van der Waals surface area contributed by atoms with Gasteiger partial charge in [-0.1, -0.05) is 76.0 Å². The van der Waals surface area contributed by atoms with Crippen LogP contribution in [0.2, 0.25) is 5.02 Å². The van der Waals surface area contributed by atoms with Crippen molar-refractivity contribution in [1.29, 1.82) is 0 Å². The largest absolute Gasteiger partial charge is 0.397 e. The van der Waals surface area contributed by atoms with Crippen LogP contribution in [0.1, 0.15) is 50.4 Å². The molecule has 0 unspecified atom stereocenters. The van der Waals surface area contributed by atoms with Crippen LogP contribution in [-0.2, 0) is 27.8 Å². The zero-order valence-corrected chi connectivity index (χ0v) is 33.8. The fraction of sp³-hybridized carbons (Fsp3) is 0.459. The van der Waals surface area contributed by atoms with Gasteiger partial charge in [0.15, 0.2) is 0 Å². The lowest BCUT2D eigenvalue weighted by Gasteiger charge is -2.35. The van der Waals surface area contributed by atoms with E-state index in [0.717, 1.165) is 27.0 Å². The number of hydrogen-bond donors (Lipinski definition) is 3. The second kappa shape index (κ2) is 17.7. The highest BCUT2D eigenvalue weighted by Crippen LogP contribution is 2.29. The van der Waals surface area contributed by atoms with Gasteiger partial charge < -0.3 is 26.0 Å². The van der Waals surface area contributed by atoms with Gasteiger partial charge >= 0.3 is 6.03 Å². The molecule has 0 bridgehead atoms. The number of thiazole rings is 2. The van der Waals surface area contributed by atoms with Crippen LogP contribution in [0.25, 0.3) is 10.7 Å². The van der Waals surface area contributed by atoms with E-state index in [9.17, 15) is 23.1 Å². The van der Waals surface area contributed by atoms with Crippen molar-refractivity contribution < 1.29 is 23.1 Å². The minimum absolute atomic E-state index is 0.0445. The van der Waals surface area contributed by atoms with Gasteiger partial charge in [0.25, 0.3) is 0 Å². The highest BCUT2D eigenvalue weighted by atomic mass is 35.5. The van der Waals surface area contributed by atoms with Crippen molar-refractivity contribution in [1.82, 2.24) is 29.4 Å². The fourth-order valence-corrected chi connectivity index (χ4v) is 9.57. The number of nitrogens with one attached hydrogen (secondary N) is 1. The Kier molecular flexibility index (Phi) is 13.5. The number of aliphatic hydroxyl groups excluding tert-OH is 1. The van der Waals surface area contributed by atoms with Gasteiger partial charge in [0, 0.05) is 36.9 Å². The van der Waals surface area contributed by atoms with Gasteiger partial charge in [-0.05, 0) is 48.9 Å². The topological polar surface area (TPSA) is 162 Å². The van der Waals surface area contributed by atoms with E-state index in [2.05, 4.69) is 10.3 Å². The van der Waals surface area contributed by atoms with Crippen LogP contribution in [0.5, 0.6) is 0 Å². The number of benzene rings is 2. The second-order valence-electron chi connectivity index (χ2n) is 13.9. The van der Waals surface area contributed by atoms with Crippen LogP contribution >= 0.6 is 34.3 Å². The maximum Gasteiger partial charge on any atom is 0.321 e. The summed E-state index contributed by atoms with van der Waals surface area (Å²) in [4.78, 5) is 40.7. The molecule has 1 aliphatic rings. The number of amides is 3. The number of aromatic nitrogens is 2. The van der Waals surface area contributed by atoms with Crippen molar-refractivity contribution in [3.8, 4) is 10.7 Å². The Morgan fingerprint density at radius 2 is 1.81 bits per heavy atom. The van der Waals surface area contributed by atoms with Crippen molar-refractivity contribution >= 4 is 61.9 Å². The lowest BCUT2D eigenvalue weighted by molar-refractivity contribution is -0.128. The summed E-state index contributed by atoms with van der Waals surface area (Å²) in [6, 6.07) is 11.5. The smallest absolute Gasteiger partial charge is 0.321 e. The number of sulfonamides is 1. The van der Waals surface area contributed by atoms with E-state index in [4.69, 9.17) is 22.3 Å². The highest BCUT2D eigenvalue weighted by molar-refractivity contribution is 7.89. The van der Waals surface area contributed by atoms with Gasteiger partial charge in [0.05, 0.1) is 45.0 Å². The first-order chi connectivity index (χ1) is 25.2. The molecular formula is C37H48ClN7O5S3. The zero-order chi connectivity index (χ0) is 38.4. The first-order valence-electron chi connectivity index (χ1n) is 17.7. The molecule has 0 radical (unpaired) electrons. The average molecular weight is 802 g/mol. The van der Waals surface area contributed by atoms with Crippen LogP contribution in [0.4, 0.5) is 10.5 Å². The van der Waals surface area contributed by atoms with Gasteiger partial charge in [-0.3, -0.25) is 4.79 Å². The van der Waals surface area contributed by atoms with Gasteiger partial charge in [-0.2, -0.15) is 4.31 Å². The molecule has 2 aromatic heterocycles. The lowest BCUT2D eigenvalue weighted by Crippen LogP contribution is -2.57. The van der Waals surface area contributed by atoms with E-state index >= 15 is 0 Å². The molecule has 53 heavy (non-hydrogen) atoms. The number of nitrogen functional groups attached to an aromatic ring is 1. The molecule has 0 spiro atoms. The molecule has 12 nitrogen and oxygen atoms in total. The normalized spacial score (nSPS) is 16.0. The average Bonchev–Trinajstić information content (AvgIpc) is 3.86. The quantitative estimate of drug-likeness (QED) is 0.111. The number of nitrogens with two attached hydrogens (primary N) is 1. The predicted molar refractivity (Wildman–Crippen MR) is 211 cm³/mol. The molecule has 4 atom stereocenters. The van der Waals surface area contributed by atoms with E-state index in [0.29, 0.717) is 26.1 Å². The third kappa shape index (κ3) is 9.94. The highest BCUT2D eigenvalue weighted by Gasteiger charge is 2.41. The molecule has 1 fully saturated rings. The minimum Gasteiger partial charge on any atom is -0.397 e. The fourth-order valence-electron chi connectivity index (χ4n) is 6.36. The van der Waals surface area contributed by atoms with Crippen LogP contribution in [-0.4, -0.2) is 93.9 Å². The van der Waals surface area contributed by atoms with Gasteiger partial charge in [-0.15, -0.1) is 22.7 Å². The number of halogens is 1. The van der Waals surface area contributed by atoms with Gasteiger partial charge in [-0.25, -0.2) is 23.2 Å². The molecule has 1 saturated heterocycles. The molecule has 1 aliphatic heterocycles. The minimum atomic E-state index is -4.11. The number of aryl methyl sites for hydroxylation is 1. The molecule has 5 rings (SSSR count). The number of rotatable bonds is 17. The van der Waals surface area contributed by atoms with Crippen molar-refractivity contribution in [2.75, 3.05) is 31.9 Å². The summed E-state index contributed by atoms with van der Waals surface area (Å²) in [5.41, 5.74) is 8.50. The predicted octanol–water partition coefficient (Wildman–Crippen LogP) is 5.90. The summed E-state index contributed by atoms with van der Waals surface area (Å²) in [7, 11) is -4.11. The molecule has 286 valence electrons. The summed E-state index contributed by atoms with van der Waals surface area (Å²) in [6.45, 7) is 10.5. The number of hydrogen-bond acceptors (Lipinski definition) is 10. The second-order valence-corrected chi connectivity index (χ2v) is 18.2. The van der Waals surface area contributed by atoms with Gasteiger partial charge in [0.2, 0.25) is 15.9 Å². The van der Waals surface area contributed by atoms with Gasteiger partial charge in [0.1, 0.15) is 16.7 Å². The first kappa shape index (κ1) is 40.6. The van der Waals surface area contributed by atoms with Crippen molar-refractivity contribution in [2.24, 2.45) is 11.8 Å². The SMILES string of the molecule is CC[C@H](C)[C@@H](C(=O)N[C@@H](Cc1ccccc1)[C@@H](O)CN(CC(C)C)S(=O)(=O)c1ccc(Cl)c(N)c1)N1CCN(Cc2csc(-c3csc(C)n3)n2)C1=O. The van der Waals surface area contributed by atoms with E-state index in [1.165, 1.54) is 33.8 Å². The Morgan fingerprint density at radius 3 is 2.45 bits per heavy atom. The summed E-state index contributed by atoms with van der Waals surface area (Å²) in [5.74, 6) is -0.691. The molecule has 4 aromatic rings. The van der Waals surface area contributed by atoms with Crippen molar-refractivity contribution in [3.63, 3.8) is 0 Å². The molecule has 16 heteroatoms. The summed E-state index contributed by atoms with van der Waals surface area (Å²) in [6.07, 6.45) is -0.447. The third-order valence-electron chi connectivity index (χ3n) is 9.31. The Labute approximate surface area is 325 Å². The van der Waals surface area contributed by atoms with Crippen LogP contribution in [0.3, 0.4) is 0 Å². The maximum absolute atomic E-state index is 14.4. The Morgan fingerprint density at radius 1 is 1.08 bits per heavy atom. The standard InChI is InChI=1S/C37H48ClN7O5S3/c1-6-24(4)34(45-15-14-43(37(45)48)19-27-21-52-36(41-27)32-22-51-25(5)40-32)35(47)42-31(16-26-10-8-7-9-11-26)33(46)20-44(18-23(2)3)53(49,50)28-12-13-29(38)30(39)17-28/h7-13,17,21-24,31,33-34,46H,6,14-16,18-20,39H2,1-5H3,(H,42,47)/t24-,31-,33-,34-/m0/s1. The monoisotopic (exact) mass is 801 g/mol. The first-order valence-corrected chi connectivity index (χ1v) is 21.3. The summed E-state index contributed by atoms with van der Waals surface area (Å²) in [5, 5.41) is 20.8. The van der Waals surface area contributed by atoms with Crippen LogP contribution < -0.4 is 11.1 Å². The number of nitrogens with zero attached hydrogens (tertiary/aromatic N) is 5. The summed E-state index contributed by atoms with van der Waals surface area (Å²) < 4.78 is 29.1. The molecular weight excluding hydrogens is 754 g/mol. The Hall–Kier alpha value is -3.60. The molecule has 4 N–H and O–H groups in total. The van der Waals surface area contributed by atoms with Crippen LogP contribution in [0, 0.1) is 18.8 Å². The Balaban J connectivity index is 1.36. The number of aliphatic hydroxyl groups is 1. The molecule has 0 aliphatic carbocycles. The van der Waals surface area contributed by atoms with E-state index in [-0.39, 0.29) is 53.0 Å². The number of urea groups is 1. The van der Waals surface area contributed by atoms with Crippen molar-refractivity contribution in [3.05, 3.63) is 80.6 Å². The van der Waals surface area contributed by atoms with Crippen LogP contribution in [0.15, 0.2) is 64.2 Å². The maximum atomic E-state index is 14.4. The van der Waals surface area contributed by atoms with E-state index in [1.54, 1.807) is 21.1 Å². The molecule has 3 heterocycles. The number of anilines is 1. The molecule has 3 amide bonds. The molecule has 0 saturated carbocycles. The Bertz CT molecular complexity index is 1970. The molecule has 2 aromatic carbocycles.